The van der Waals surface area contributed by atoms with E-state index in [1.54, 1.807) is 0 Å². The zero-order chi connectivity index (χ0) is 11.1. The largest absolute Gasteiger partial charge is 0.384 e. The average Bonchev–Trinajstić information content (AvgIpc) is 2.25. The number of aliphatic hydroxyl groups excluding tert-OH is 1. The van der Waals surface area contributed by atoms with Gasteiger partial charge >= 0.3 is 0 Å². The summed E-state index contributed by atoms with van der Waals surface area (Å²) >= 11 is 3.43. The summed E-state index contributed by atoms with van der Waals surface area (Å²) in [6.45, 7) is 2.16. The summed E-state index contributed by atoms with van der Waals surface area (Å²) in [7, 11) is 0. The molecule has 0 aliphatic carbocycles. The fraction of sp³-hybridized carbons (Fsp3) is 0.385. The highest BCUT2D eigenvalue weighted by Crippen LogP contribution is 2.23. The van der Waals surface area contributed by atoms with Crippen molar-refractivity contribution < 1.29 is 5.11 Å². The van der Waals surface area contributed by atoms with E-state index < -0.39 is 6.10 Å². The Bertz CT molecular complexity index is 320. The van der Waals surface area contributed by atoms with Crippen molar-refractivity contribution in [1.82, 2.24) is 0 Å². The molecule has 2 heteroatoms. The Morgan fingerprint density at radius 1 is 1.40 bits per heavy atom. The second kappa shape index (κ2) is 6.81. The molecule has 0 aliphatic heterocycles. The molecule has 0 saturated heterocycles. The number of hydrogen-bond acceptors (Lipinski definition) is 1. The first-order chi connectivity index (χ1) is 7.25. The van der Waals surface area contributed by atoms with Crippen molar-refractivity contribution in [2.24, 2.45) is 0 Å². The zero-order valence-corrected chi connectivity index (χ0v) is 10.6. The van der Waals surface area contributed by atoms with Gasteiger partial charge < -0.3 is 5.11 Å². The van der Waals surface area contributed by atoms with Crippen molar-refractivity contribution in [3.05, 3.63) is 46.5 Å². The van der Waals surface area contributed by atoms with E-state index in [2.05, 4.69) is 22.9 Å². The van der Waals surface area contributed by atoms with Crippen LogP contribution in [-0.4, -0.2) is 5.11 Å². The Labute approximate surface area is 100.0 Å². The smallest absolute Gasteiger partial charge is 0.0982 e. The second-order valence-corrected chi connectivity index (χ2v) is 4.39. The van der Waals surface area contributed by atoms with E-state index in [1.165, 1.54) is 12.8 Å². The molecule has 0 bridgehead atoms. The third kappa shape index (κ3) is 4.18. The first-order valence-corrected chi connectivity index (χ1v) is 6.14. The maximum atomic E-state index is 9.88. The van der Waals surface area contributed by atoms with Gasteiger partial charge in [0.05, 0.1) is 6.10 Å². The van der Waals surface area contributed by atoms with Crippen molar-refractivity contribution in [1.29, 1.82) is 0 Å². The van der Waals surface area contributed by atoms with Gasteiger partial charge in [-0.05, 0) is 18.1 Å². The minimum absolute atomic E-state index is 0.502. The Morgan fingerprint density at radius 3 is 2.80 bits per heavy atom. The van der Waals surface area contributed by atoms with Gasteiger partial charge in [-0.3, -0.25) is 0 Å². The van der Waals surface area contributed by atoms with Gasteiger partial charge in [-0.2, -0.15) is 0 Å². The summed E-state index contributed by atoms with van der Waals surface area (Å²) in [5.41, 5.74) is 0.922. The van der Waals surface area contributed by atoms with Crippen LogP contribution in [0.1, 0.15) is 37.9 Å². The van der Waals surface area contributed by atoms with Crippen LogP contribution in [0.2, 0.25) is 0 Å². The van der Waals surface area contributed by atoms with Crippen LogP contribution < -0.4 is 0 Å². The summed E-state index contributed by atoms with van der Waals surface area (Å²) in [5, 5.41) is 9.88. The van der Waals surface area contributed by atoms with Crippen molar-refractivity contribution in [2.75, 3.05) is 0 Å². The highest BCUT2D eigenvalue weighted by atomic mass is 79.9. The highest BCUT2D eigenvalue weighted by molar-refractivity contribution is 9.10. The maximum Gasteiger partial charge on any atom is 0.0982 e. The Kier molecular flexibility index (Phi) is 5.66. The number of rotatable bonds is 5. The molecule has 0 spiro atoms. The summed E-state index contributed by atoms with van der Waals surface area (Å²) in [6.07, 6.45) is 6.81. The normalized spacial score (nSPS) is 13.3. The zero-order valence-electron chi connectivity index (χ0n) is 8.99. The van der Waals surface area contributed by atoms with E-state index in [0.717, 1.165) is 16.5 Å². The van der Waals surface area contributed by atoms with Gasteiger partial charge in [0, 0.05) is 4.47 Å². The Hall–Kier alpha value is -0.600. The van der Waals surface area contributed by atoms with Crippen LogP contribution in [0, 0.1) is 0 Å². The van der Waals surface area contributed by atoms with Gasteiger partial charge in [0.2, 0.25) is 0 Å². The van der Waals surface area contributed by atoms with E-state index in [4.69, 9.17) is 0 Å². The van der Waals surface area contributed by atoms with Gasteiger partial charge in [0.1, 0.15) is 0 Å². The molecule has 0 saturated carbocycles. The predicted molar refractivity (Wildman–Crippen MR) is 67.8 cm³/mol. The molecule has 82 valence electrons. The molecule has 1 rings (SSSR count). The van der Waals surface area contributed by atoms with E-state index >= 15 is 0 Å². The van der Waals surface area contributed by atoms with Crippen LogP contribution in [-0.2, 0) is 0 Å². The second-order valence-electron chi connectivity index (χ2n) is 3.54. The maximum absolute atomic E-state index is 9.88. The van der Waals surface area contributed by atoms with Gasteiger partial charge in [-0.25, -0.2) is 0 Å². The van der Waals surface area contributed by atoms with Crippen LogP contribution in [0.5, 0.6) is 0 Å². The lowest BCUT2D eigenvalue weighted by Gasteiger charge is -2.07. The van der Waals surface area contributed by atoms with Gasteiger partial charge in [-0.1, -0.05) is 66.0 Å². The van der Waals surface area contributed by atoms with Crippen molar-refractivity contribution >= 4 is 15.9 Å². The molecular weight excluding hydrogens is 252 g/mol. The number of benzene rings is 1. The minimum Gasteiger partial charge on any atom is -0.384 e. The number of halogens is 1. The van der Waals surface area contributed by atoms with Gasteiger partial charge in [0.25, 0.3) is 0 Å². The molecule has 1 aromatic rings. The number of allylic oxidation sites excluding steroid dienone is 1. The summed E-state index contributed by atoms with van der Waals surface area (Å²) < 4.78 is 0.956. The van der Waals surface area contributed by atoms with E-state index in [9.17, 15) is 5.11 Å². The molecule has 0 aliphatic rings. The first kappa shape index (κ1) is 12.5. The predicted octanol–water partition coefficient (Wildman–Crippen LogP) is 4.23. The van der Waals surface area contributed by atoms with Crippen LogP contribution in [0.25, 0.3) is 0 Å². The molecule has 0 radical (unpaired) electrons. The number of unbranched alkanes of at least 4 members (excludes halogenated alkanes) is 2. The number of aliphatic hydroxyl groups is 1. The average molecular weight is 269 g/mol. The monoisotopic (exact) mass is 268 g/mol. The van der Waals surface area contributed by atoms with Crippen molar-refractivity contribution in [3.63, 3.8) is 0 Å². The molecule has 0 heterocycles. The molecule has 0 unspecified atom stereocenters. The van der Waals surface area contributed by atoms with E-state index in [0.29, 0.717) is 0 Å². The van der Waals surface area contributed by atoms with E-state index in [-0.39, 0.29) is 0 Å². The van der Waals surface area contributed by atoms with Crippen LogP contribution in [0.4, 0.5) is 0 Å². The third-order valence-electron chi connectivity index (χ3n) is 2.27. The van der Waals surface area contributed by atoms with Crippen molar-refractivity contribution in [3.8, 4) is 0 Å². The molecule has 1 atom stereocenters. The molecular formula is C13H17BrO. The molecule has 0 amide bonds. The fourth-order valence-electron chi connectivity index (χ4n) is 1.37. The van der Waals surface area contributed by atoms with Gasteiger partial charge in [0.15, 0.2) is 0 Å². The fourth-order valence-corrected chi connectivity index (χ4v) is 1.89. The van der Waals surface area contributed by atoms with Crippen LogP contribution in [0.3, 0.4) is 0 Å². The lowest BCUT2D eigenvalue weighted by molar-refractivity contribution is 0.227. The lowest BCUT2D eigenvalue weighted by atomic mass is 10.1. The summed E-state index contributed by atoms with van der Waals surface area (Å²) in [4.78, 5) is 0. The quantitative estimate of drug-likeness (QED) is 0.626. The standard InChI is InChI=1S/C13H17BrO/c1-2-3-4-5-10-13(15)11-8-6-7-9-12(11)14/h5-10,13,15H,2-4H2,1H3/b10-5+/t13-/m0/s1. The Morgan fingerprint density at radius 2 is 2.13 bits per heavy atom. The summed E-state index contributed by atoms with van der Waals surface area (Å²) in [6, 6.07) is 7.75. The molecule has 15 heavy (non-hydrogen) atoms. The lowest BCUT2D eigenvalue weighted by Crippen LogP contribution is -1.93. The molecule has 0 fully saturated rings. The first-order valence-electron chi connectivity index (χ1n) is 5.35. The minimum atomic E-state index is -0.502. The molecule has 1 N–H and O–H groups in total. The Balaban J connectivity index is 2.57. The molecule has 0 aromatic heterocycles. The van der Waals surface area contributed by atoms with E-state index in [1.807, 2.05) is 36.4 Å². The third-order valence-corrected chi connectivity index (χ3v) is 2.99. The SMILES string of the molecule is CCCC/C=C/[C@H](O)c1ccccc1Br. The van der Waals surface area contributed by atoms with Crippen LogP contribution in [0.15, 0.2) is 40.9 Å². The highest BCUT2D eigenvalue weighted by Gasteiger charge is 2.05. The summed E-state index contributed by atoms with van der Waals surface area (Å²) in [5.74, 6) is 0. The van der Waals surface area contributed by atoms with Gasteiger partial charge in [-0.15, -0.1) is 0 Å². The van der Waals surface area contributed by atoms with Crippen molar-refractivity contribution in [2.45, 2.75) is 32.3 Å². The number of hydrogen-bond donors (Lipinski definition) is 1. The molecule has 1 aromatic carbocycles. The van der Waals surface area contributed by atoms with Crippen LogP contribution >= 0.6 is 15.9 Å². The topological polar surface area (TPSA) is 20.2 Å². The molecule has 1 nitrogen and oxygen atoms in total.